The molecule has 1 aromatic rings. The first kappa shape index (κ1) is 20.1. The van der Waals surface area contributed by atoms with Gasteiger partial charge in [0.05, 0.1) is 12.8 Å². The van der Waals surface area contributed by atoms with Crippen molar-refractivity contribution in [2.75, 3.05) is 63.3 Å². The summed E-state index contributed by atoms with van der Waals surface area (Å²) in [6.07, 6.45) is 1.17. The topological polar surface area (TPSA) is 108 Å². The molecule has 0 spiro atoms. The largest absolute Gasteiger partial charge is 0.376 e. The maximum atomic E-state index is 12.3. The normalized spacial score (nSPS) is 15.5. The molecule has 1 aromatic carbocycles. The van der Waals surface area contributed by atoms with Gasteiger partial charge in [-0.15, -0.1) is 0 Å². The quantitative estimate of drug-likeness (QED) is 0.673. The number of sulfonamides is 1. The average Bonchev–Trinajstić information content (AvgIpc) is 2.59. The second-order valence-corrected chi connectivity index (χ2v) is 7.94. The van der Waals surface area contributed by atoms with Crippen LogP contribution in [0.25, 0.3) is 0 Å². The number of piperazine rings is 1. The van der Waals surface area contributed by atoms with Crippen molar-refractivity contribution in [3.63, 3.8) is 0 Å². The van der Waals surface area contributed by atoms with Gasteiger partial charge in [0.15, 0.2) is 0 Å². The molecule has 0 aliphatic carbocycles. The van der Waals surface area contributed by atoms with Gasteiger partial charge in [-0.25, -0.2) is 8.42 Å². The maximum absolute atomic E-state index is 12.3. The van der Waals surface area contributed by atoms with Crippen LogP contribution in [0.5, 0.6) is 0 Å². The minimum atomic E-state index is -3.21. The zero-order chi connectivity index (χ0) is 19.2. The zero-order valence-corrected chi connectivity index (χ0v) is 15.7. The highest BCUT2D eigenvalue weighted by molar-refractivity contribution is 7.88. The van der Waals surface area contributed by atoms with E-state index in [0.29, 0.717) is 37.6 Å². The van der Waals surface area contributed by atoms with Crippen LogP contribution in [-0.4, -0.2) is 82.1 Å². The third kappa shape index (κ3) is 5.97. The van der Waals surface area contributed by atoms with Crippen molar-refractivity contribution in [1.29, 1.82) is 0 Å². The highest BCUT2D eigenvalue weighted by Crippen LogP contribution is 2.15. The molecule has 2 N–H and O–H groups in total. The Kier molecular flexibility index (Phi) is 6.95. The number of nitrogens with one attached hydrogen (secondary N) is 2. The van der Waals surface area contributed by atoms with Crippen LogP contribution in [0.15, 0.2) is 24.3 Å². The maximum Gasteiger partial charge on any atom is 0.250 e. The van der Waals surface area contributed by atoms with Gasteiger partial charge >= 0.3 is 0 Å². The van der Waals surface area contributed by atoms with E-state index >= 15 is 0 Å². The second kappa shape index (κ2) is 8.97. The van der Waals surface area contributed by atoms with Gasteiger partial charge in [0, 0.05) is 44.7 Å². The summed E-state index contributed by atoms with van der Waals surface area (Å²) in [5, 5.41) is 5.71. The van der Waals surface area contributed by atoms with Gasteiger partial charge in [-0.05, 0) is 18.2 Å². The fraction of sp³-hybridized carbons (Fsp3) is 0.500. The highest BCUT2D eigenvalue weighted by atomic mass is 32.2. The van der Waals surface area contributed by atoms with Crippen LogP contribution in [0.4, 0.5) is 11.4 Å². The summed E-state index contributed by atoms with van der Waals surface area (Å²) in [4.78, 5) is 25.5. The van der Waals surface area contributed by atoms with Crippen molar-refractivity contribution >= 4 is 33.2 Å². The van der Waals surface area contributed by atoms with E-state index in [9.17, 15) is 18.0 Å². The minimum absolute atomic E-state index is 0.0321. The van der Waals surface area contributed by atoms with E-state index in [2.05, 4.69) is 10.6 Å². The number of carbonyl (C=O) groups is 2. The Hall–Kier alpha value is -2.17. The number of methoxy groups -OCH3 is 1. The standard InChI is InChI=1S/C16H24N4O5S/c1-25-12-15(21)18-14-5-3-4-13(10-14)17-11-16(22)19-6-8-20(9-7-19)26(2,23)24/h3-5,10,17H,6-9,11-12H2,1-2H3,(H,18,21). The van der Waals surface area contributed by atoms with Crippen LogP contribution in [0.3, 0.4) is 0 Å². The van der Waals surface area contributed by atoms with Crippen molar-refractivity contribution in [1.82, 2.24) is 9.21 Å². The summed E-state index contributed by atoms with van der Waals surface area (Å²) >= 11 is 0. The summed E-state index contributed by atoms with van der Waals surface area (Å²) in [6.45, 7) is 1.43. The molecule has 1 aliphatic heterocycles. The molecule has 1 aliphatic rings. The van der Waals surface area contributed by atoms with Gasteiger partial charge in [0.1, 0.15) is 6.61 Å². The van der Waals surface area contributed by atoms with Crippen LogP contribution in [0.2, 0.25) is 0 Å². The van der Waals surface area contributed by atoms with Crippen LogP contribution in [0, 0.1) is 0 Å². The predicted molar refractivity (Wildman–Crippen MR) is 98.4 cm³/mol. The molecule has 10 heteroatoms. The Morgan fingerprint density at radius 2 is 1.81 bits per heavy atom. The lowest BCUT2D eigenvalue weighted by atomic mass is 10.2. The molecule has 0 aromatic heterocycles. The SMILES string of the molecule is COCC(=O)Nc1cccc(NCC(=O)N2CCN(S(C)(=O)=O)CC2)c1. The monoisotopic (exact) mass is 384 g/mol. The summed E-state index contributed by atoms with van der Waals surface area (Å²) in [7, 11) is -1.77. The van der Waals surface area contributed by atoms with Crippen molar-refractivity contribution in [2.45, 2.75) is 0 Å². The van der Waals surface area contributed by atoms with E-state index in [1.165, 1.54) is 17.7 Å². The number of hydrogen-bond donors (Lipinski definition) is 2. The van der Waals surface area contributed by atoms with Gasteiger partial charge in [-0.1, -0.05) is 6.07 Å². The summed E-state index contributed by atoms with van der Waals surface area (Å²) in [5.41, 5.74) is 1.30. The van der Waals surface area contributed by atoms with Crippen molar-refractivity contribution < 1.29 is 22.7 Å². The first-order valence-electron chi connectivity index (χ1n) is 8.15. The summed E-state index contributed by atoms with van der Waals surface area (Å²) < 4.78 is 29.1. The third-order valence-corrected chi connectivity index (χ3v) is 5.23. The minimum Gasteiger partial charge on any atom is -0.376 e. The van der Waals surface area contributed by atoms with E-state index < -0.39 is 10.0 Å². The molecule has 1 saturated heterocycles. The number of rotatable bonds is 7. The van der Waals surface area contributed by atoms with Crippen molar-refractivity contribution in [3.05, 3.63) is 24.3 Å². The molecular formula is C16H24N4O5S. The molecule has 1 fully saturated rings. The zero-order valence-electron chi connectivity index (χ0n) is 14.9. The summed E-state index contributed by atoms with van der Waals surface area (Å²) in [5.74, 6) is -0.364. The molecule has 2 rings (SSSR count). The molecule has 9 nitrogen and oxygen atoms in total. The van der Waals surface area contributed by atoms with Gasteiger partial charge in [-0.2, -0.15) is 4.31 Å². The Morgan fingerprint density at radius 3 is 2.42 bits per heavy atom. The lowest BCUT2D eigenvalue weighted by Crippen LogP contribution is -2.51. The van der Waals surface area contributed by atoms with Gasteiger partial charge in [0.25, 0.3) is 0 Å². The van der Waals surface area contributed by atoms with Gasteiger partial charge < -0.3 is 20.3 Å². The van der Waals surface area contributed by atoms with Crippen LogP contribution < -0.4 is 10.6 Å². The number of amides is 2. The molecule has 0 bridgehead atoms. The van der Waals surface area contributed by atoms with E-state index in [1.807, 2.05) is 0 Å². The molecule has 2 amide bonds. The van der Waals surface area contributed by atoms with E-state index in [1.54, 1.807) is 29.2 Å². The van der Waals surface area contributed by atoms with Crippen LogP contribution in [0.1, 0.15) is 0 Å². The summed E-state index contributed by atoms with van der Waals surface area (Å²) in [6, 6.07) is 7.02. The molecule has 0 saturated carbocycles. The van der Waals surface area contributed by atoms with Crippen molar-refractivity contribution in [2.24, 2.45) is 0 Å². The number of carbonyl (C=O) groups excluding carboxylic acids is 2. The molecule has 0 unspecified atom stereocenters. The number of nitrogens with zero attached hydrogens (tertiary/aromatic N) is 2. The molecule has 144 valence electrons. The Bertz CT molecular complexity index is 745. The number of anilines is 2. The molecule has 1 heterocycles. The van der Waals surface area contributed by atoms with E-state index in [4.69, 9.17) is 4.74 Å². The predicted octanol–water partition coefficient (Wildman–Crippen LogP) is -0.213. The van der Waals surface area contributed by atoms with E-state index in [-0.39, 0.29) is 25.0 Å². The first-order valence-corrected chi connectivity index (χ1v) is 10.00. The molecule has 26 heavy (non-hydrogen) atoms. The lowest BCUT2D eigenvalue weighted by molar-refractivity contribution is -0.130. The fourth-order valence-electron chi connectivity index (χ4n) is 2.59. The van der Waals surface area contributed by atoms with Gasteiger partial charge in [0.2, 0.25) is 21.8 Å². The number of hydrogen-bond acceptors (Lipinski definition) is 6. The highest BCUT2D eigenvalue weighted by Gasteiger charge is 2.25. The number of ether oxygens (including phenoxy) is 1. The molecular weight excluding hydrogens is 360 g/mol. The Labute approximate surface area is 153 Å². The Balaban J connectivity index is 1.83. The average molecular weight is 384 g/mol. The van der Waals surface area contributed by atoms with Crippen LogP contribution in [-0.2, 0) is 24.3 Å². The fourth-order valence-corrected chi connectivity index (χ4v) is 3.42. The van der Waals surface area contributed by atoms with Crippen LogP contribution >= 0.6 is 0 Å². The lowest BCUT2D eigenvalue weighted by Gasteiger charge is -2.33. The second-order valence-electron chi connectivity index (χ2n) is 5.96. The van der Waals surface area contributed by atoms with Crippen molar-refractivity contribution in [3.8, 4) is 0 Å². The Morgan fingerprint density at radius 1 is 1.15 bits per heavy atom. The first-order chi connectivity index (χ1) is 12.3. The third-order valence-electron chi connectivity index (χ3n) is 3.93. The molecule has 0 radical (unpaired) electrons. The van der Waals surface area contributed by atoms with E-state index in [0.717, 1.165) is 0 Å². The van der Waals surface area contributed by atoms with Gasteiger partial charge in [-0.3, -0.25) is 9.59 Å². The molecule has 0 atom stereocenters. The number of benzene rings is 1. The smallest absolute Gasteiger partial charge is 0.250 e.